The Bertz CT molecular complexity index is 1710. The van der Waals surface area contributed by atoms with E-state index in [1.165, 1.54) is 0 Å². The van der Waals surface area contributed by atoms with Crippen LogP contribution in [0.15, 0.2) is 54.6 Å². The van der Waals surface area contributed by atoms with Crippen molar-refractivity contribution in [3.8, 4) is 23.0 Å². The van der Waals surface area contributed by atoms with E-state index in [4.69, 9.17) is 9.47 Å². The van der Waals surface area contributed by atoms with E-state index in [0.717, 1.165) is 25.3 Å². The number of hydrogen-bond acceptors (Lipinski definition) is 6. The number of anilines is 1. The molecule has 0 aliphatic carbocycles. The third kappa shape index (κ3) is 8.16. The van der Waals surface area contributed by atoms with Gasteiger partial charge in [0.1, 0.15) is 5.75 Å². The van der Waals surface area contributed by atoms with Gasteiger partial charge in [0.25, 0.3) is 5.91 Å². The van der Waals surface area contributed by atoms with Gasteiger partial charge in [-0.05, 0) is 48.5 Å². The molecule has 0 unspecified atom stereocenters. The fourth-order valence-corrected chi connectivity index (χ4v) is 3.73. The Hall–Kier alpha value is -5.05. The van der Waals surface area contributed by atoms with Crippen molar-refractivity contribution in [3.63, 3.8) is 0 Å². The Morgan fingerprint density at radius 1 is 0.796 bits per heavy atom. The summed E-state index contributed by atoms with van der Waals surface area (Å²) < 4.78 is 200. The summed E-state index contributed by atoms with van der Waals surface area (Å²) in [4.78, 5) is 22.9. The number of alkyl halides is 14. The Balaban J connectivity index is 1.86. The topological polar surface area (TPSA) is 99.9 Å². The van der Waals surface area contributed by atoms with Crippen LogP contribution < -0.4 is 19.5 Å². The largest absolute Gasteiger partial charge is 0.493 e. The highest BCUT2D eigenvalue weighted by Gasteiger charge is 2.75. The quantitative estimate of drug-likeness (QED) is 0.113. The van der Waals surface area contributed by atoms with E-state index in [1.807, 2.05) is 5.32 Å². The zero-order valence-electron chi connectivity index (χ0n) is 23.7. The molecule has 0 bridgehead atoms. The van der Waals surface area contributed by atoms with Gasteiger partial charge in [0.05, 0.1) is 23.2 Å². The first-order valence-corrected chi connectivity index (χ1v) is 12.6. The summed E-state index contributed by atoms with van der Waals surface area (Å²) in [6.07, 6.45) is -15.7. The molecule has 22 heteroatoms. The molecule has 0 aliphatic rings. The number of nitrogens with one attached hydrogen (secondary N) is 1. The van der Waals surface area contributed by atoms with E-state index in [-0.39, 0.29) is 29.7 Å². The summed E-state index contributed by atoms with van der Waals surface area (Å²) in [5, 5.41) is 13.3. The number of benzene rings is 3. The van der Waals surface area contributed by atoms with Gasteiger partial charge in [0, 0.05) is 17.3 Å². The maximum absolute atomic E-state index is 13.8. The summed E-state index contributed by atoms with van der Waals surface area (Å²) in [5.41, 5.74) is -5.60. The molecule has 0 saturated heterocycles. The Morgan fingerprint density at radius 3 is 1.92 bits per heavy atom. The van der Waals surface area contributed by atoms with Gasteiger partial charge in [0.15, 0.2) is 18.1 Å². The molecule has 8 nitrogen and oxygen atoms in total. The van der Waals surface area contributed by atoms with Crippen LogP contribution in [-0.2, 0) is 12.4 Å². The molecule has 0 spiro atoms. The van der Waals surface area contributed by atoms with Crippen LogP contribution >= 0.6 is 0 Å². The molecule has 0 radical (unpaired) electrons. The van der Waals surface area contributed by atoms with Crippen molar-refractivity contribution in [2.75, 3.05) is 19.0 Å². The minimum atomic E-state index is -6.76. The summed E-state index contributed by atoms with van der Waals surface area (Å²) in [6, 6.07) is 4.95. The molecule has 0 saturated carbocycles. The Kier molecular flexibility index (Phi) is 10.5. The van der Waals surface area contributed by atoms with Crippen LogP contribution in [0.3, 0.4) is 0 Å². The van der Waals surface area contributed by atoms with Crippen LogP contribution in [0.4, 0.5) is 72.8 Å². The number of ether oxygens (including phenoxy) is 3. The number of nitrogens with zero attached hydrogens (tertiary/aromatic N) is 1. The van der Waals surface area contributed by atoms with Crippen LogP contribution in [0.1, 0.15) is 21.5 Å². The fraction of sp³-hybridized carbons (Fsp3) is 0.296. The molecular weight excluding hydrogens is 714 g/mol. The molecule has 1 amide bonds. The van der Waals surface area contributed by atoms with E-state index in [0.29, 0.717) is 18.2 Å². The first-order chi connectivity index (χ1) is 22.3. The molecule has 1 N–H and O–H groups in total. The highest BCUT2D eigenvalue weighted by molar-refractivity contribution is 6.04. The molecule has 0 atom stereocenters. The number of methoxy groups -OCH3 is 1. The molecule has 49 heavy (non-hydrogen) atoms. The van der Waals surface area contributed by atoms with Gasteiger partial charge < -0.3 is 19.5 Å². The number of carbonyl (C=O) groups excluding carboxylic acids is 1. The molecule has 3 aromatic rings. The van der Waals surface area contributed by atoms with Crippen LogP contribution in [0.25, 0.3) is 0 Å². The van der Waals surface area contributed by atoms with E-state index in [1.54, 1.807) is 0 Å². The monoisotopic (exact) mass is 730 g/mol. The molecule has 3 aromatic carbocycles. The van der Waals surface area contributed by atoms with E-state index < -0.39 is 93.5 Å². The number of hydrogen-bond donors (Lipinski definition) is 1. The normalized spacial score (nSPS) is 12.9. The number of halogens is 14. The standard InChI is InChI=1S/C27H16F14N2O6/c1-47-20-8-12(2-5-19(20)49-18-6-3-13(25(34,35)36)9-16(18)43(45)46)21(44)42-14-4-7-17(15(10-14)26(37,38)39)48-11-23(30,31)27(40,41)24(32,33)22(28)29/h2-10,22H,11H2,1H3,(H,42,44). The maximum Gasteiger partial charge on any atom is 0.420 e. The fourth-order valence-electron chi connectivity index (χ4n) is 3.73. The number of nitro groups is 1. The lowest BCUT2D eigenvalue weighted by atomic mass is 10.1. The minimum absolute atomic E-state index is 0.0652. The zero-order valence-corrected chi connectivity index (χ0v) is 23.7. The molecular formula is C27H16F14N2O6. The van der Waals surface area contributed by atoms with Crippen molar-refractivity contribution in [1.82, 2.24) is 0 Å². The van der Waals surface area contributed by atoms with Gasteiger partial charge in [-0.2, -0.15) is 52.7 Å². The van der Waals surface area contributed by atoms with Crippen molar-refractivity contribution >= 4 is 17.3 Å². The van der Waals surface area contributed by atoms with Crippen molar-refractivity contribution in [1.29, 1.82) is 0 Å². The lowest BCUT2D eigenvalue weighted by molar-refractivity contribution is -0.385. The van der Waals surface area contributed by atoms with Crippen LogP contribution in [-0.4, -0.2) is 48.7 Å². The highest BCUT2D eigenvalue weighted by Crippen LogP contribution is 2.49. The minimum Gasteiger partial charge on any atom is -0.493 e. The second kappa shape index (κ2) is 13.5. The van der Waals surface area contributed by atoms with Gasteiger partial charge in [-0.15, -0.1) is 0 Å². The summed E-state index contributed by atoms with van der Waals surface area (Å²) in [7, 11) is 1.01. The van der Waals surface area contributed by atoms with Crippen LogP contribution in [0.5, 0.6) is 23.0 Å². The van der Waals surface area contributed by atoms with E-state index in [2.05, 4.69) is 4.74 Å². The predicted molar refractivity (Wildman–Crippen MR) is 137 cm³/mol. The smallest absolute Gasteiger partial charge is 0.420 e. The molecule has 3 rings (SSSR count). The van der Waals surface area contributed by atoms with Gasteiger partial charge in [0.2, 0.25) is 5.75 Å². The van der Waals surface area contributed by atoms with Crippen molar-refractivity contribution < 1.29 is 85.4 Å². The SMILES string of the molecule is COc1cc(C(=O)Nc2ccc(OCC(F)(F)C(F)(F)C(F)(F)C(F)F)c(C(F)(F)F)c2)ccc1Oc1ccc(C(F)(F)F)cc1[N+](=O)[O-]. The number of carbonyl (C=O) groups is 1. The summed E-state index contributed by atoms with van der Waals surface area (Å²) in [5.74, 6) is -23.7. The number of rotatable bonds is 12. The molecule has 0 heterocycles. The van der Waals surface area contributed by atoms with Crippen LogP contribution in [0, 0.1) is 10.1 Å². The van der Waals surface area contributed by atoms with Gasteiger partial charge in [-0.3, -0.25) is 14.9 Å². The van der Waals surface area contributed by atoms with Gasteiger partial charge in [-0.25, -0.2) is 8.78 Å². The second-order valence-electron chi connectivity index (χ2n) is 9.56. The maximum atomic E-state index is 13.8. The van der Waals surface area contributed by atoms with Crippen LogP contribution in [0.2, 0.25) is 0 Å². The van der Waals surface area contributed by atoms with E-state index >= 15 is 0 Å². The second-order valence-corrected chi connectivity index (χ2v) is 9.56. The Labute approximate surface area is 263 Å². The van der Waals surface area contributed by atoms with Crippen molar-refractivity contribution in [2.45, 2.75) is 36.5 Å². The zero-order chi connectivity index (χ0) is 37.3. The first kappa shape index (κ1) is 38.4. The van der Waals surface area contributed by atoms with Crippen molar-refractivity contribution in [2.24, 2.45) is 0 Å². The molecule has 0 fully saturated rings. The van der Waals surface area contributed by atoms with Crippen molar-refractivity contribution in [3.05, 3.63) is 81.4 Å². The molecule has 0 aliphatic heterocycles. The summed E-state index contributed by atoms with van der Waals surface area (Å²) in [6.45, 7) is -2.90. The average molecular weight is 730 g/mol. The number of nitro benzene ring substituents is 1. The van der Waals surface area contributed by atoms with E-state index in [9.17, 15) is 76.4 Å². The third-order valence-corrected chi connectivity index (χ3v) is 6.23. The summed E-state index contributed by atoms with van der Waals surface area (Å²) >= 11 is 0. The molecule has 0 aromatic heterocycles. The predicted octanol–water partition coefficient (Wildman–Crippen LogP) is 9.24. The number of amides is 1. The van der Waals surface area contributed by atoms with Gasteiger partial charge >= 0.3 is 42.2 Å². The first-order valence-electron chi connectivity index (χ1n) is 12.6. The molecule has 268 valence electrons. The highest BCUT2D eigenvalue weighted by atomic mass is 19.4. The third-order valence-electron chi connectivity index (χ3n) is 6.23. The Morgan fingerprint density at radius 2 is 1.39 bits per heavy atom. The lowest BCUT2D eigenvalue weighted by Crippen LogP contribution is -2.59. The van der Waals surface area contributed by atoms with Gasteiger partial charge in [-0.1, -0.05) is 0 Å². The lowest BCUT2D eigenvalue weighted by Gasteiger charge is -2.32. The average Bonchev–Trinajstić information content (AvgIpc) is 2.99.